The lowest BCUT2D eigenvalue weighted by molar-refractivity contribution is -0.0160. The molecule has 2 amide bonds. The van der Waals surface area contributed by atoms with E-state index in [9.17, 15) is 14.4 Å². The third kappa shape index (κ3) is 7.21. The number of rotatable bonds is 4. The molecule has 0 heterocycles. The molecule has 26 heavy (non-hydrogen) atoms. The summed E-state index contributed by atoms with van der Waals surface area (Å²) >= 11 is 0. The molecule has 0 saturated heterocycles. The average Bonchev–Trinajstić information content (AvgIpc) is 2.69. The van der Waals surface area contributed by atoms with Gasteiger partial charge in [-0.3, -0.25) is 0 Å². The van der Waals surface area contributed by atoms with Gasteiger partial charge in [-0.15, -0.1) is 11.0 Å². The Bertz CT molecular complexity index is 661. The Balaban J connectivity index is 1.56. The van der Waals surface area contributed by atoms with Gasteiger partial charge >= 0.3 is 18.3 Å². The number of carbonyl (C=O) groups is 3. The van der Waals surface area contributed by atoms with Crippen molar-refractivity contribution in [3.63, 3.8) is 0 Å². The predicted octanol–water partition coefficient (Wildman–Crippen LogP) is 2.82. The van der Waals surface area contributed by atoms with Crippen LogP contribution in [0.3, 0.4) is 0 Å². The van der Waals surface area contributed by atoms with Gasteiger partial charge in [-0.25, -0.2) is 9.59 Å². The standard InChI is InChI=1S/C17H16N2O7/c20-15(23-11-13-7-3-1-4-8-13)18-25-17(22)26-19-16(21)24-12-14-9-5-2-6-10-14/h1-10H,11-12H2,(H,18,20)(H,19,21). The molecule has 0 fully saturated rings. The van der Waals surface area contributed by atoms with Crippen LogP contribution in [0, 0.1) is 0 Å². The molecule has 136 valence electrons. The van der Waals surface area contributed by atoms with Gasteiger partial charge in [0.05, 0.1) is 0 Å². The number of hydrogen-bond donors (Lipinski definition) is 2. The highest BCUT2D eigenvalue weighted by atomic mass is 16.9. The largest absolute Gasteiger partial charge is 0.558 e. The Hall–Kier alpha value is -3.75. The van der Waals surface area contributed by atoms with Gasteiger partial charge in [-0.2, -0.15) is 4.79 Å². The topological polar surface area (TPSA) is 112 Å². The minimum absolute atomic E-state index is 0.00482. The summed E-state index contributed by atoms with van der Waals surface area (Å²) in [4.78, 5) is 42.4. The molecule has 2 N–H and O–H groups in total. The fraction of sp³-hybridized carbons (Fsp3) is 0.118. The average molecular weight is 360 g/mol. The molecule has 0 aliphatic heterocycles. The minimum Gasteiger partial charge on any atom is -0.443 e. The van der Waals surface area contributed by atoms with Crippen LogP contribution in [0.25, 0.3) is 0 Å². The van der Waals surface area contributed by atoms with Crippen LogP contribution >= 0.6 is 0 Å². The van der Waals surface area contributed by atoms with Crippen LogP contribution in [0.5, 0.6) is 0 Å². The van der Waals surface area contributed by atoms with E-state index in [1.165, 1.54) is 0 Å². The van der Waals surface area contributed by atoms with E-state index in [2.05, 4.69) is 9.68 Å². The van der Waals surface area contributed by atoms with Gasteiger partial charge in [-0.05, 0) is 11.1 Å². The highest BCUT2D eigenvalue weighted by Gasteiger charge is 2.12. The molecular weight excluding hydrogens is 344 g/mol. The van der Waals surface area contributed by atoms with Crippen molar-refractivity contribution in [3.05, 3.63) is 71.8 Å². The van der Waals surface area contributed by atoms with Crippen LogP contribution in [0.4, 0.5) is 14.4 Å². The molecule has 0 bridgehead atoms. The SMILES string of the molecule is O=C(NOC(=O)ONC(=O)OCc1ccccc1)OCc1ccccc1. The molecule has 9 nitrogen and oxygen atoms in total. The summed E-state index contributed by atoms with van der Waals surface area (Å²) < 4.78 is 9.59. The van der Waals surface area contributed by atoms with Crippen LogP contribution in [0.2, 0.25) is 0 Å². The van der Waals surface area contributed by atoms with E-state index in [0.29, 0.717) is 0 Å². The molecule has 0 unspecified atom stereocenters. The number of carbonyl (C=O) groups excluding carboxylic acids is 3. The summed E-state index contributed by atoms with van der Waals surface area (Å²) in [6, 6.07) is 17.8. The molecule has 0 aromatic heterocycles. The van der Waals surface area contributed by atoms with Crippen molar-refractivity contribution in [1.29, 1.82) is 0 Å². The smallest absolute Gasteiger partial charge is 0.443 e. The van der Waals surface area contributed by atoms with Crippen molar-refractivity contribution in [2.75, 3.05) is 0 Å². The highest BCUT2D eigenvalue weighted by Crippen LogP contribution is 2.01. The number of benzene rings is 2. The molecule has 0 radical (unpaired) electrons. The second kappa shape index (κ2) is 10.2. The quantitative estimate of drug-likeness (QED) is 0.637. The second-order valence-corrected chi connectivity index (χ2v) is 4.78. The van der Waals surface area contributed by atoms with Crippen LogP contribution < -0.4 is 11.0 Å². The Labute approximate surface area is 148 Å². The van der Waals surface area contributed by atoms with Crippen molar-refractivity contribution in [1.82, 2.24) is 11.0 Å². The normalized spacial score (nSPS) is 9.54. The fourth-order valence-electron chi connectivity index (χ4n) is 1.69. The van der Waals surface area contributed by atoms with Crippen LogP contribution in [0.15, 0.2) is 60.7 Å². The lowest BCUT2D eigenvalue weighted by Crippen LogP contribution is -2.33. The van der Waals surface area contributed by atoms with E-state index < -0.39 is 18.3 Å². The molecule has 2 aromatic rings. The Morgan fingerprint density at radius 3 is 1.42 bits per heavy atom. The summed E-state index contributed by atoms with van der Waals surface area (Å²) in [7, 11) is 0. The zero-order valence-corrected chi connectivity index (χ0v) is 13.5. The summed E-state index contributed by atoms with van der Waals surface area (Å²) in [6.45, 7) is -0.00964. The lowest BCUT2D eigenvalue weighted by Gasteiger charge is -2.08. The van der Waals surface area contributed by atoms with Crippen molar-refractivity contribution in [2.24, 2.45) is 0 Å². The number of ether oxygens (including phenoxy) is 2. The lowest BCUT2D eigenvalue weighted by atomic mass is 10.2. The fourth-order valence-corrected chi connectivity index (χ4v) is 1.69. The highest BCUT2D eigenvalue weighted by molar-refractivity contribution is 5.71. The number of nitrogens with one attached hydrogen (secondary N) is 2. The summed E-state index contributed by atoms with van der Waals surface area (Å²) in [5, 5.41) is 0. The zero-order chi connectivity index (χ0) is 18.6. The molecule has 0 spiro atoms. The first-order chi connectivity index (χ1) is 12.6. The predicted molar refractivity (Wildman–Crippen MR) is 87.1 cm³/mol. The maximum atomic E-state index is 11.3. The van der Waals surface area contributed by atoms with E-state index in [-0.39, 0.29) is 13.2 Å². The maximum Gasteiger partial charge on any atom is 0.558 e. The Kier molecular flexibility index (Phi) is 7.28. The van der Waals surface area contributed by atoms with Gasteiger partial charge < -0.3 is 19.1 Å². The third-order valence-electron chi connectivity index (χ3n) is 2.86. The molecule has 0 atom stereocenters. The van der Waals surface area contributed by atoms with Crippen molar-refractivity contribution in [3.8, 4) is 0 Å². The number of hydroxylamine groups is 2. The summed E-state index contributed by atoms with van der Waals surface area (Å²) in [5.41, 5.74) is 4.93. The Morgan fingerprint density at radius 2 is 1.04 bits per heavy atom. The monoisotopic (exact) mass is 360 g/mol. The van der Waals surface area contributed by atoms with Gasteiger partial charge in [0, 0.05) is 0 Å². The molecule has 0 saturated carbocycles. The van der Waals surface area contributed by atoms with Crippen molar-refractivity contribution >= 4 is 18.3 Å². The molecule has 9 heteroatoms. The first-order valence-corrected chi connectivity index (χ1v) is 7.44. The first kappa shape index (κ1) is 18.6. The molecule has 2 rings (SSSR count). The van der Waals surface area contributed by atoms with Gasteiger partial charge in [0.2, 0.25) is 0 Å². The summed E-state index contributed by atoms with van der Waals surface area (Å²) in [5.74, 6) is 0. The number of hydrogen-bond acceptors (Lipinski definition) is 7. The molecular formula is C17H16N2O7. The number of amides is 2. The summed E-state index contributed by atoms with van der Waals surface area (Å²) in [6.07, 6.45) is -3.38. The zero-order valence-electron chi connectivity index (χ0n) is 13.5. The van der Waals surface area contributed by atoms with Crippen molar-refractivity contribution < 1.29 is 33.5 Å². The van der Waals surface area contributed by atoms with Crippen LogP contribution in [-0.4, -0.2) is 18.3 Å². The van der Waals surface area contributed by atoms with E-state index in [4.69, 9.17) is 9.47 Å². The van der Waals surface area contributed by atoms with Crippen molar-refractivity contribution in [2.45, 2.75) is 13.2 Å². The Morgan fingerprint density at radius 1 is 0.654 bits per heavy atom. The third-order valence-corrected chi connectivity index (χ3v) is 2.86. The van der Waals surface area contributed by atoms with Gasteiger partial charge in [-0.1, -0.05) is 60.7 Å². The first-order valence-electron chi connectivity index (χ1n) is 7.44. The van der Waals surface area contributed by atoms with E-state index in [0.717, 1.165) is 11.1 Å². The second-order valence-electron chi connectivity index (χ2n) is 4.78. The van der Waals surface area contributed by atoms with Crippen LogP contribution in [0.1, 0.15) is 11.1 Å². The molecule has 0 aliphatic rings. The minimum atomic E-state index is -1.38. The molecule has 2 aromatic carbocycles. The van der Waals surface area contributed by atoms with Gasteiger partial charge in [0.15, 0.2) is 0 Å². The van der Waals surface area contributed by atoms with Gasteiger partial charge in [0.25, 0.3) is 0 Å². The van der Waals surface area contributed by atoms with E-state index in [1.807, 2.05) is 12.1 Å². The molecule has 0 aliphatic carbocycles. The maximum absolute atomic E-state index is 11.3. The van der Waals surface area contributed by atoms with Crippen LogP contribution in [-0.2, 0) is 32.4 Å². The van der Waals surface area contributed by atoms with E-state index >= 15 is 0 Å². The van der Waals surface area contributed by atoms with E-state index in [1.54, 1.807) is 59.5 Å². The van der Waals surface area contributed by atoms with Gasteiger partial charge in [0.1, 0.15) is 13.2 Å².